The molecule has 20 heavy (non-hydrogen) atoms. The molecule has 1 heterocycles. The molecule has 4 nitrogen and oxygen atoms in total. The van der Waals surface area contributed by atoms with Crippen molar-refractivity contribution in [1.29, 1.82) is 0 Å². The first-order valence-electron chi connectivity index (χ1n) is 5.96. The number of nitrogens with zero attached hydrogens (tertiary/aromatic N) is 2. The number of hydrogen-bond acceptors (Lipinski definition) is 4. The molecule has 0 amide bonds. The fourth-order valence-corrected chi connectivity index (χ4v) is 1.73. The van der Waals surface area contributed by atoms with Crippen molar-refractivity contribution in [3.05, 3.63) is 42.1 Å². The number of anilines is 1. The molecule has 1 aromatic heterocycles. The van der Waals surface area contributed by atoms with E-state index in [1.807, 2.05) is 0 Å². The molecule has 0 atom stereocenters. The molecule has 106 valence electrons. The van der Waals surface area contributed by atoms with Gasteiger partial charge in [0.05, 0.1) is 11.3 Å². The topological polar surface area (TPSA) is 63.8 Å². The van der Waals surface area contributed by atoms with E-state index in [-0.39, 0.29) is 17.2 Å². The second kappa shape index (κ2) is 5.87. The quantitative estimate of drug-likeness (QED) is 0.904. The van der Waals surface area contributed by atoms with Crippen molar-refractivity contribution in [2.24, 2.45) is 5.73 Å². The Morgan fingerprint density at radius 3 is 2.60 bits per heavy atom. The lowest BCUT2D eigenvalue weighted by atomic mass is 10.0. The van der Waals surface area contributed by atoms with E-state index < -0.39 is 11.7 Å². The van der Waals surface area contributed by atoms with Gasteiger partial charge in [0.2, 0.25) is 5.95 Å². The van der Waals surface area contributed by atoms with E-state index in [0.717, 1.165) is 6.07 Å². The van der Waals surface area contributed by atoms with Crippen LogP contribution in [0.15, 0.2) is 36.5 Å². The summed E-state index contributed by atoms with van der Waals surface area (Å²) in [6, 6.07) is 6.75. The van der Waals surface area contributed by atoms with Gasteiger partial charge in [-0.25, -0.2) is 9.97 Å². The Hall–Kier alpha value is -2.15. The molecule has 0 aliphatic rings. The highest BCUT2D eigenvalue weighted by Crippen LogP contribution is 2.36. The average Bonchev–Trinajstić information content (AvgIpc) is 2.44. The summed E-state index contributed by atoms with van der Waals surface area (Å²) in [6.45, 7) is 0.830. The van der Waals surface area contributed by atoms with Gasteiger partial charge >= 0.3 is 6.18 Å². The van der Waals surface area contributed by atoms with Crippen LogP contribution in [0.4, 0.5) is 19.1 Å². The van der Waals surface area contributed by atoms with Crippen molar-refractivity contribution >= 4 is 5.95 Å². The summed E-state index contributed by atoms with van der Waals surface area (Å²) in [5, 5.41) is 2.83. The summed E-state index contributed by atoms with van der Waals surface area (Å²) >= 11 is 0. The zero-order chi connectivity index (χ0) is 14.6. The molecule has 0 aliphatic carbocycles. The maximum atomic E-state index is 13.0. The van der Waals surface area contributed by atoms with E-state index >= 15 is 0 Å². The van der Waals surface area contributed by atoms with Crippen LogP contribution in [0, 0.1) is 0 Å². The summed E-state index contributed by atoms with van der Waals surface area (Å²) in [7, 11) is 0. The molecule has 0 bridgehead atoms. The normalized spacial score (nSPS) is 11.4. The molecule has 0 unspecified atom stereocenters. The number of hydrogen-bond donors (Lipinski definition) is 2. The third kappa shape index (κ3) is 3.24. The van der Waals surface area contributed by atoms with Gasteiger partial charge in [0.15, 0.2) is 0 Å². The molecule has 0 spiro atoms. The summed E-state index contributed by atoms with van der Waals surface area (Å²) in [4.78, 5) is 8.01. The number of aromatic nitrogens is 2. The first-order chi connectivity index (χ1) is 9.52. The van der Waals surface area contributed by atoms with Gasteiger partial charge in [-0.2, -0.15) is 13.2 Å². The first kappa shape index (κ1) is 14.3. The highest BCUT2D eigenvalue weighted by molar-refractivity contribution is 5.65. The van der Waals surface area contributed by atoms with E-state index in [0.29, 0.717) is 13.1 Å². The molecule has 1 aromatic carbocycles. The van der Waals surface area contributed by atoms with Crippen molar-refractivity contribution in [2.45, 2.75) is 6.18 Å². The van der Waals surface area contributed by atoms with Crippen LogP contribution in [0.25, 0.3) is 11.3 Å². The van der Waals surface area contributed by atoms with Gasteiger partial charge in [0.1, 0.15) is 0 Å². The molecular weight excluding hydrogens is 269 g/mol. The predicted octanol–water partition coefficient (Wildman–Crippen LogP) is 2.53. The van der Waals surface area contributed by atoms with Crippen molar-refractivity contribution < 1.29 is 13.2 Å². The zero-order valence-corrected chi connectivity index (χ0v) is 10.5. The Kier molecular flexibility index (Phi) is 4.19. The molecule has 2 aromatic rings. The minimum absolute atomic E-state index is 0.0261. The van der Waals surface area contributed by atoms with Crippen LogP contribution in [-0.2, 0) is 6.18 Å². The number of alkyl halides is 3. The zero-order valence-electron chi connectivity index (χ0n) is 10.5. The summed E-state index contributed by atoms with van der Waals surface area (Å²) in [5.74, 6) is 0.255. The fraction of sp³-hybridized carbons (Fsp3) is 0.231. The summed E-state index contributed by atoms with van der Waals surface area (Å²) in [6.07, 6.45) is -3.01. The molecule has 0 fully saturated rings. The van der Waals surface area contributed by atoms with Crippen molar-refractivity contribution in [2.75, 3.05) is 18.4 Å². The van der Waals surface area contributed by atoms with Crippen molar-refractivity contribution in [3.63, 3.8) is 0 Å². The molecule has 0 radical (unpaired) electrons. The Morgan fingerprint density at radius 2 is 1.90 bits per heavy atom. The highest BCUT2D eigenvalue weighted by Gasteiger charge is 2.33. The van der Waals surface area contributed by atoms with E-state index in [9.17, 15) is 13.2 Å². The van der Waals surface area contributed by atoms with Gasteiger partial charge in [0, 0.05) is 24.8 Å². The Balaban J connectivity index is 2.42. The molecule has 7 heteroatoms. The smallest absolute Gasteiger partial charge is 0.353 e. The van der Waals surface area contributed by atoms with E-state index in [4.69, 9.17) is 5.73 Å². The second-order valence-corrected chi connectivity index (χ2v) is 4.02. The minimum Gasteiger partial charge on any atom is -0.353 e. The molecule has 0 aliphatic heterocycles. The van der Waals surface area contributed by atoms with Gasteiger partial charge < -0.3 is 11.1 Å². The Labute approximate surface area is 113 Å². The molecule has 0 saturated carbocycles. The van der Waals surface area contributed by atoms with Crippen LogP contribution in [-0.4, -0.2) is 23.1 Å². The maximum Gasteiger partial charge on any atom is 0.417 e. The first-order valence-corrected chi connectivity index (χ1v) is 5.96. The van der Waals surface area contributed by atoms with Crippen molar-refractivity contribution in [1.82, 2.24) is 9.97 Å². The third-order valence-electron chi connectivity index (χ3n) is 2.59. The Morgan fingerprint density at radius 1 is 1.15 bits per heavy atom. The van der Waals surface area contributed by atoms with Gasteiger partial charge in [-0.1, -0.05) is 18.2 Å². The van der Waals surface area contributed by atoms with Crippen LogP contribution in [0.5, 0.6) is 0 Å². The van der Waals surface area contributed by atoms with Gasteiger partial charge in [-0.3, -0.25) is 0 Å². The number of benzene rings is 1. The molecule has 2 rings (SSSR count). The van der Waals surface area contributed by atoms with Crippen molar-refractivity contribution in [3.8, 4) is 11.3 Å². The monoisotopic (exact) mass is 282 g/mol. The SMILES string of the molecule is NCCNc1nccc(-c2ccccc2C(F)(F)F)n1. The largest absolute Gasteiger partial charge is 0.417 e. The Bertz CT molecular complexity index is 584. The lowest BCUT2D eigenvalue weighted by molar-refractivity contribution is -0.137. The van der Waals surface area contributed by atoms with Crippen LogP contribution in [0.2, 0.25) is 0 Å². The maximum absolute atomic E-state index is 13.0. The lowest BCUT2D eigenvalue weighted by Gasteiger charge is -2.12. The van der Waals surface area contributed by atoms with E-state index in [2.05, 4.69) is 15.3 Å². The number of nitrogens with one attached hydrogen (secondary N) is 1. The minimum atomic E-state index is -4.42. The van der Waals surface area contributed by atoms with E-state index in [1.165, 1.54) is 24.4 Å². The van der Waals surface area contributed by atoms with Gasteiger partial charge in [-0.05, 0) is 12.1 Å². The van der Waals surface area contributed by atoms with Gasteiger partial charge in [0.25, 0.3) is 0 Å². The molecule has 3 N–H and O–H groups in total. The van der Waals surface area contributed by atoms with Gasteiger partial charge in [-0.15, -0.1) is 0 Å². The predicted molar refractivity (Wildman–Crippen MR) is 70.0 cm³/mol. The number of nitrogens with two attached hydrogens (primary N) is 1. The van der Waals surface area contributed by atoms with Crippen LogP contribution in [0.1, 0.15) is 5.56 Å². The average molecular weight is 282 g/mol. The van der Waals surface area contributed by atoms with Crippen LogP contribution in [0.3, 0.4) is 0 Å². The number of rotatable bonds is 4. The summed E-state index contributed by atoms with van der Waals surface area (Å²) < 4.78 is 38.9. The van der Waals surface area contributed by atoms with Crippen LogP contribution < -0.4 is 11.1 Å². The molecule has 0 saturated heterocycles. The standard InChI is InChI=1S/C13H13F3N4/c14-13(15,16)10-4-2-1-3-9(10)11-5-7-18-12(20-11)19-8-6-17/h1-5,7H,6,8,17H2,(H,18,19,20). The summed E-state index contributed by atoms with van der Waals surface area (Å²) in [5.41, 5.74) is 4.86. The molecular formula is C13H13F3N4. The second-order valence-electron chi connectivity index (χ2n) is 4.02. The van der Waals surface area contributed by atoms with E-state index in [1.54, 1.807) is 6.07 Å². The lowest BCUT2D eigenvalue weighted by Crippen LogP contribution is -2.15. The number of halogens is 3. The highest BCUT2D eigenvalue weighted by atomic mass is 19.4. The fourth-order valence-electron chi connectivity index (χ4n) is 1.73. The third-order valence-corrected chi connectivity index (χ3v) is 2.59. The van der Waals surface area contributed by atoms with Crippen LogP contribution >= 0.6 is 0 Å².